The zero-order chi connectivity index (χ0) is 19.1. The maximum atomic E-state index is 13.3. The van der Waals surface area contributed by atoms with E-state index in [1.165, 1.54) is 11.1 Å². The highest BCUT2D eigenvalue weighted by Gasteiger charge is 2.43. The normalized spacial score (nSPS) is 24.0. The first kappa shape index (κ1) is 18.1. The molecular formula is C23H28N2O2. The summed E-state index contributed by atoms with van der Waals surface area (Å²) >= 11 is 0. The molecule has 4 nitrogen and oxygen atoms in total. The Morgan fingerprint density at radius 1 is 1.00 bits per heavy atom. The van der Waals surface area contributed by atoms with E-state index in [2.05, 4.69) is 62.5 Å². The summed E-state index contributed by atoms with van der Waals surface area (Å²) in [6.07, 6.45) is 0.964. The van der Waals surface area contributed by atoms with Gasteiger partial charge in [-0.15, -0.1) is 0 Å². The number of para-hydroxylation sites is 1. The molecule has 1 unspecified atom stereocenters. The molecule has 2 aliphatic heterocycles. The number of carbonyl (C=O) groups excluding carboxylic acids is 1. The lowest BCUT2D eigenvalue weighted by Crippen LogP contribution is -2.47. The van der Waals surface area contributed by atoms with Gasteiger partial charge in [0.25, 0.3) is 5.91 Å². The molecule has 0 spiro atoms. The number of hydrogen-bond donors (Lipinski definition) is 1. The fourth-order valence-corrected chi connectivity index (χ4v) is 4.69. The Kier molecular flexibility index (Phi) is 4.47. The van der Waals surface area contributed by atoms with Gasteiger partial charge in [-0.05, 0) is 37.5 Å². The van der Waals surface area contributed by atoms with Crippen molar-refractivity contribution in [3.63, 3.8) is 0 Å². The highest BCUT2D eigenvalue weighted by atomic mass is 16.5. The number of benzene rings is 2. The Hall–Kier alpha value is -2.33. The third-order valence-corrected chi connectivity index (χ3v) is 5.86. The largest absolute Gasteiger partial charge is 0.379 e. The van der Waals surface area contributed by atoms with Crippen molar-refractivity contribution in [1.29, 1.82) is 0 Å². The maximum Gasteiger partial charge on any atom is 0.256 e. The maximum absolute atomic E-state index is 13.3. The van der Waals surface area contributed by atoms with Crippen molar-refractivity contribution in [2.45, 2.75) is 38.1 Å². The summed E-state index contributed by atoms with van der Waals surface area (Å²) in [7, 11) is 0. The third kappa shape index (κ3) is 3.23. The van der Waals surface area contributed by atoms with Crippen molar-refractivity contribution >= 4 is 11.6 Å². The molecular weight excluding hydrogens is 336 g/mol. The molecule has 1 fully saturated rings. The van der Waals surface area contributed by atoms with Gasteiger partial charge in [-0.3, -0.25) is 4.79 Å². The van der Waals surface area contributed by atoms with Gasteiger partial charge in [0.1, 0.15) is 0 Å². The Morgan fingerprint density at radius 2 is 1.70 bits per heavy atom. The second-order valence-electron chi connectivity index (χ2n) is 8.52. The molecule has 2 aromatic carbocycles. The molecule has 0 aromatic heterocycles. The summed E-state index contributed by atoms with van der Waals surface area (Å²) in [4.78, 5) is 15.2. The number of nitrogens with one attached hydrogen (secondary N) is 1. The van der Waals surface area contributed by atoms with Crippen molar-refractivity contribution in [2.75, 3.05) is 31.6 Å². The van der Waals surface area contributed by atoms with Crippen LogP contribution in [0.1, 0.15) is 48.7 Å². The van der Waals surface area contributed by atoms with Gasteiger partial charge in [0, 0.05) is 24.0 Å². The number of ether oxygens (including phenoxy) is 1. The summed E-state index contributed by atoms with van der Waals surface area (Å²) in [5, 5.41) is 3.67. The molecule has 0 aliphatic carbocycles. The monoisotopic (exact) mass is 364 g/mol. The number of anilines is 1. The van der Waals surface area contributed by atoms with E-state index >= 15 is 0 Å². The predicted octanol–water partition coefficient (Wildman–Crippen LogP) is 4.06. The van der Waals surface area contributed by atoms with Crippen LogP contribution in [0.15, 0.2) is 48.5 Å². The van der Waals surface area contributed by atoms with Crippen LogP contribution < -0.4 is 5.32 Å². The van der Waals surface area contributed by atoms with Gasteiger partial charge in [0.15, 0.2) is 0 Å². The van der Waals surface area contributed by atoms with E-state index in [4.69, 9.17) is 4.74 Å². The standard InChI is InChI=1S/C23H28N2O2/c1-22(2)16-23(3,17-8-5-4-6-9-17)19-11-7-10-18(20(19)24-22)21(26)25-12-14-27-15-13-25/h4-11,24H,12-16H2,1-3H3. The Labute approximate surface area is 161 Å². The van der Waals surface area contributed by atoms with Crippen molar-refractivity contribution in [1.82, 2.24) is 4.90 Å². The Balaban J connectivity index is 1.83. The lowest BCUT2D eigenvalue weighted by molar-refractivity contribution is 0.0303. The molecule has 4 rings (SSSR count). The zero-order valence-electron chi connectivity index (χ0n) is 16.4. The van der Waals surface area contributed by atoms with Crippen LogP contribution in [-0.4, -0.2) is 42.6 Å². The fourth-order valence-electron chi connectivity index (χ4n) is 4.69. The first-order valence-electron chi connectivity index (χ1n) is 9.75. The van der Waals surface area contributed by atoms with Crippen LogP contribution in [0.5, 0.6) is 0 Å². The van der Waals surface area contributed by atoms with E-state index in [1.807, 2.05) is 17.0 Å². The summed E-state index contributed by atoms with van der Waals surface area (Å²) in [6, 6.07) is 16.8. The molecule has 1 atom stereocenters. The van der Waals surface area contributed by atoms with Crippen LogP contribution in [0.3, 0.4) is 0 Å². The Bertz CT molecular complexity index is 841. The van der Waals surface area contributed by atoms with Crippen molar-refractivity contribution in [2.24, 2.45) is 0 Å². The number of carbonyl (C=O) groups is 1. The predicted molar refractivity (Wildman–Crippen MR) is 108 cm³/mol. The molecule has 4 heteroatoms. The van der Waals surface area contributed by atoms with Gasteiger partial charge in [-0.25, -0.2) is 0 Å². The summed E-state index contributed by atoms with van der Waals surface area (Å²) in [5.74, 6) is 0.0933. The molecule has 0 bridgehead atoms. The van der Waals surface area contributed by atoms with Crippen LogP contribution in [0.4, 0.5) is 5.69 Å². The number of rotatable bonds is 2. The van der Waals surface area contributed by atoms with E-state index in [1.54, 1.807) is 0 Å². The summed E-state index contributed by atoms with van der Waals surface area (Å²) in [6.45, 7) is 9.26. The lowest BCUT2D eigenvalue weighted by atomic mass is 9.65. The zero-order valence-corrected chi connectivity index (χ0v) is 16.4. The molecule has 0 saturated carbocycles. The Morgan fingerprint density at radius 3 is 2.41 bits per heavy atom. The van der Waals surface area contributed by atoms with E-state index in [9.17, 15) is 4.79 Å². The molecule has 2 aliphatic rings. The highest BCUT2D eigenvalue weighted by molar-refractivity contribution is 6.01. The quantitative estimate of drug-likeness (QED) is 0.874. The fraction of sp³-hybridized carbons (Fsp3) is 0.435. The van der Waals surface area contributed by atoms with Crippen LogP contribution in [0, 0.1) is 0 Å². The molecule has 1 N–H and O–H groups in total. The molecule has 0 radical (unpaired) electrons. The van der Waals surface area contributed by atoms with Crippen molar-refractivity contribution in [3.8, 4) is 0 Å². The van der Waals surface area contributed by atoms with E-state index in [-0.39, 0.29) is 16.9 Å². The number of nitrogens with zero attached hydrogens (tertiary/aromatic N) is 1. The summed E-state index contributed by atoms with van der Waals surface area (Å²) < 4.78 is 5.41. The molecule has 1 amide bonds. The van der Waals surface area contributed by atoms with Gasteiger partial charge >= 0.3 is 0 Å². The molecule has 2 aromatic rings. The topological polar surface area (TPSA) is 41.6 Å². The number of hydrogen-bond acceptors (Lipinski definition) is 3. The van der Waals surface area contributed by atoms with Gasteiger partial charge in [-0.1, -0.05) is 49.4 Å². The minimum atomic E-state index is -0.146. The lowest BCUT2D eigenvalue weighted by Gasteiger charge is -2.46. The summed E-state index contributed by atoms with van der Waals surface area (Å²) in [5.41, 5.74) is 3.98. The SMILES string of the molecule is CC1(C)CC(C)(c2ccccc2)c2cccc(C(=O)N3CCOCC3)c2N1. The minimum absolute atomic E-state index is 0.0933. The number of amides is 1. The first-order valence-corrected chi connectivity index (χ1v) is 9.75. The molecule has 2 heterocycles. The van der Waals surface area contributed by atoms with Crippen molar-refractivity contribution < 1.29 is 9.53 Å². The van der Waals surface area contributed by atoms with Gasteiger partial charge in [0.05, 0.1) is 24.5 Å². The van der Waals surface area contributed by atoms with Crippen LogP contribution in [0.25, 0.3) is 0 Å². The average Bonchev–Trinajstić information content (AvgIpc) is 2.67. The second-order valence-corrected chi connectivity index (χ2v) is 8.52. The molecule has 27 heavy (non-hydrogen) atoms. The number of fused-ring (bicyclic) bond motifs is 1. The first-order chi connectivity index (χ1) is 12.9. The van der Waals surface area contributed by atoms with E-state index < -0.39 is 0 Å². The average molecular weight is 364 g/mol. The van der Waals surface area contributed by atoms with Gasteiger partial charge in [0.2, 0.25) is 0 Å². The van der Waals surface area contributed by atoms with Gasteiger partial charge < -0.3 is 15.0 Å². The van der Waals surface area contributed by atoms with Crippen LogP contribution >= 0.6 is 0 Å². The number of morpholine rings is 1. The van der Waals surface area contributed by atoms with Crippen LogP contribution in [0.2, 0.25) is 0 Å². The minimum Gasteiger partial charge on any atom is -0.379 e. The highest BCUT2D eigenvalue weighted by Crippen LogP contribution is 2.48. The molecule has 142 valence electrons. The van der Waals surface area contributed by atoms with E-state index in [0.29, 0.717) is 26.3 Å². The van der Waals surface area contributed by atoms with Crippen molar-refractivity contribution in [3.05, 3.63) is 65.2 Å². The second kappa shape index (κ2) is 6.68. The van der Waals surface area contributed by atoms with Gasteiger partial charge in [-0.2, -0.15) is 0 Å². The van der Waals surface area contributed by atoms with E-state index in [0.717, 1.165) is 17.7 Å². The third-order valence-electron chi connectivity index (χ3n) is 5.86. The van der Waals surface area contributed by atoms with Crippen LogP contribution in [-0.2, 0) is 10.2 Å². The smallest absolute Gasteiger partial charge is 0.256 e. The molecule has 1 saturated heterocycles.